The zero-order valence-corrected chi connectivity index (χ0v) is 14.1. The first-order valence-electron chi connectivity index (χ1n) is 8.52. The highest BCUT2D eigenvalue weighted by Crippen LogP contribution is 2.20. The van der Waals surface area contributed by atoms with E-state index < -0.39 is 0 Å². The molecule has 0 aromatic rings. The lowest BCUT2D eigenvalue weighted by Gasteiger charge is -2.13. The van der Waals surface area contributed by atoms with Gasteiger partial charge >= 0.3 is 0 Å². The van der Waals surface area contributed by atoms with Crippen LogP contribution in [0.4, 0.5) is 0 Å². The van der Waals surface area contributed by atoms with Gasteiger partial charge in [0.15, 0.2) is 0 Å². The highest BCUT2D eigenvalue weighted by molar-refractivity contribution is 5.16. The second-order valence-corrected chi connectivity index (χ2v) is 5.90. The Hall–Kier alpha value is -0.520. The molecule has 0 nitrogen and oxygen atoms in total. The largest absolute Gasteiger partial charge is 0.0733 e. The minimum atomic E-state index is 0.933. The molecule has 0 spiro atoms. The highest BCUT2D eigenvalue weighted by atomic mass is 14.1. The highest BCUT2D eigenvalue weighted by Gasteiger charge is 2.04. The first kappa shape index (κ1) is 18.5. The maximum Gasteiger partial charge on any atom is -0.0317 e. The van der Waals surface area contributed by atoms with E-state index in [1.807, 2.05) is 0 Å². The molecule has 0 radical (unpaired) electrons. The summed E-state index contributed by atoms with van der Waals surface area (Å²) in [6, 6.07) is 0. The summed E-state index contributed by atoms with van der Waals surface area (Å²) in [5, 5.41) is 0. The molecule has 0 fully saturated rings. The van der Waals surface area contributed by atoms with Crippen LogP contribution in [-0.4, -0.2) is 0 Å². The summed E-state index contributed by atoms with van der Waals surface area (Å²) in [6.07, 6.45) is 16.6. The molecule has 19 heavy (non-hydrogen) atoms. The van der Waals surface area contributed by atoms with Crippen LogP contribution in [0.1, 0.15) is 92.4 Å². The summed E-state index contributed by atoms with van der Waals surface area (Å²) in [7, 11) is 0. The molecule has 0 aromatic heterocycles. The van der Waals surface area contributed by atoms with Crippen LogP contribution in [0.5, 0.6) is 0 Å². The van der Waals surface area contributed by atoms with Crippen molar-refractivity contribution in [2.75, 3.05) is 0 Å². The predicted octanol–water partition coefficient (Wildman–Crippen LogP) is 7.07. The molecule has 1 atom stereocenters. The first-order chi connectivity index (χ1) is 9.17. The molecule has 1 unspecified atom stereocenters. The van der Waals surface area contributed by atoms with Crippen molar-refractivity contribution in [3.05, 3.63) is 23.3 Å². The lowest BCUT2D eigenvalue weighted by atomic mass is 9.93. The summed E-state index contributed by atoms with van der Waals surface area (Å²) >= 11 is 0. The zero-order valence-electron chi connectivity index (χ0n) is 14.1. The fourth-order valence-electron chi connectivity index (χ4n) is 2.52. The van der Waals surface area contributed by atoms with E-state index in [-0.39, 0.29) is 0 Å². The molecular formula is C19H36. The van der Waals surface area contributed by atoms with Crippen molar-refractivity contribution < 1.29 is 0 Å². The fraction of sp³-hybridized carbons (Fsp3) is 0.789. The molecule has 0 heterocycles. The van der Waals surface area contributed by atoms with E-state index in [0.29, 0.717) is 0 Å². The van der Waals surface area contributed by atoms with E-state index in [9.17, 15) is 0 Å². The second kappa shape index (κ2) is 12.5. The lowest BCUT2D eigenvalue weighted by Crippen LogP contribution is -1.98. The smallest absolute Gasteiger partial charge is 0.0317 e. The Kier molecular flexibility index (Phi) is 12.2. The molecule has 112 valence electrons. The van der Waals surface area contributed by atoms with Gasteiger partial charge in [0.1, 0.15) is 0 Å². The molecule has 0 bridgehead atoms. The van der Waals surface area contributed by atoms with Crippen LogP contribution in [0.25, 0.3) is 0 Å². The Balaban J connectivity index is 4.19. The Labute approximate surface area is 122 Å². The van der Waals surface area contributed by atoms with Gasteiger partial charge < -0.3 is 0 Å². The third-order valence-corrected chi connectivity index (χ3v) is 4.13. The maximum absolute atomic E-state index is 2.38. The van der Waals surface area contributed by atoms with Crippen molar-refractivity contribution in [2.45, 2.75) is 92.4 Å². The van der Waals surface area contributed by atoms with Crippen molar-refractivity contribution in [3.63, 3.8) is 0 Å². The Morgan fingerprint density at radius 3 is 2.16 bits per heavy atom. The van der Waals surface area contributed by atoms with Gasteiger partial charge in [-0.2, -0.15) is 0 Å². The first-order valence-corrected chi connectivity index (χ1v) is 8.52. The molecule has 0 N–H and O–H groups in total. The van der Waals surface area contributed by atoms with Gasteiger partial charge in [-0.05, 0) is 44.9 Å². The van der Waals surface area contributed by atoms with Gasteiger partial charge in [0, 0.05) is 0 Å². The third kappa shape index (κ3) is 9.99. The van der Waals surface area contributed by atoms with E-state index in [1.54, 1.807) is 11.1 Å². The van der Waals surface area contributed by atoms with Gasteiger partial charge in [0.2, 0.25) is 0 Å². The number of allylic oxidation sites excluding steroid dienone is 4. The van der Waals surface area contributed by atoms with Crippen LogP contribution >= 0.6 is 0 Å². The Morgan fingerprint density at radius 2 is 1.63 bits per heavy atom. The SMILES string of the molecule is CCCCC(=CC=C(C)CCC(CC)CCC)CC. The van der Waals surface area contributed by atoms with E-state index >= 15 is 0 Å². The van der Waals surface area contributed by atoms with E-state index in [2.05, 4.69) is 46.8 Å². The molecule has 0 aliphatic heterocycles. The monoisotopic (exact) mass is 264 g/mol. The minimum absolute atomic E-state index is 0.933. The molecule has 0 aliphatic rings. The van der Waals surface area contributed by atoms with Crippen LogP contribution in [0.3, 0.4) is 0 Å². The van der Waals surface area contributed by atoms with Crippen LogP contribution < -0.4 is 0 Å². The minimum Gasteiger partial charge on any atom is -0.0733 e. The second-order valence-electron chi connectivity index (χ2n) is 5.90. The van der Waals surface area contributed by atoms with E-state index in [1.165, 1.54) is 57.8 Å². The number of unbranched alkanes of at least 4 members (excludes halogenated alkanes) is 1. The van der Waals surface area contributed by atoms with Crippen LogP contribution in [0.2, 0.25) is 0 Å². The maximum atomic E-state index is 2.38. The molecule has 0 heteroatoms. The summed E-state index contributed by atoms with van der Waals surface area (Å²) in [4.78, 5) is 0. The van der Waals surface area contributed by atoms with Gasteiger partial charge in [-0.25, -0.2) is 0 Å². The third-order valence-electron chi connectivity index (χ3n) is 4.13. The summed E-state index contributed by atoms with van der Waals surface area (Å²) in [6.45, 7) is 11.5. The van der Waals surface area contributed by atoms with Crippen molar-refractivity contribution in [2.24, 2.45) is 5.92 Å². The van der Waals surface area contributed by atoms with Crippen LogP contribution in [-0.2, 0) is 0 Å². The van der Waals surface area contributed by atoms with Crippen LogP contribution in [0, 0.1) is 5.92 Å². The zero-order chi connectivity index (χ0) is 14.5. The standard InChI is InChI=1S/C19H36/c1-6-10-12-19(9-4)16-14-17(5)13-15-18(8-3)11-7-2/h14,16,18H,6-13,15H2,1-5H3. The summed E-state index contributed by atoms with van der Waals surface area (Å²) < 4.78 is 0. The summed E-state index contributed by atoms with van der Waals surface area (Å²) in [5.74, 6) is 0.933. The van der Waals surface area contributed by atoms with Gasteiger partial charge in [0.25, 0.3) is 0 Å². The molecule has 0 saturated carbocycles. The topological polar surface area (TPSA) is 0 Å². The van der Waals surface area contributed by atoms with Crippen molar-refractivity contribution in [1.82, 2.24) is 0 Å². The molecule has 0 aromatic carbocycles. The fourth-order valence-corrected chi connectivity index (χ4v) is 2.52. The van der Waals surface area contributed by atoms with Crippen molar-refractivity contribution in [3.8, 4) is 0 Å². The lowest BCUT2D eigenvalue weighted by molar-refractivity contribution is 0.432. The van der Waals surface area contributed by atoms with Crippen molar-refractivity contribution >= 4 is 0 Å². The molecule has 0 aliphatic carbocycles. The van der Waals surface area contributed by atoms with Gasteiger partial charge in [-0.15, -0.1) is 0 Å². The van der Waals surface area contributed by atoms with Crippen LogP contribution in [0.15, 0.2) is 23.3 Å². The quantitative estimate of drug-likeness (QED) is 0.350. The molecule has 0 amide bonds. The van der Waals surface area contributed by atoms with E-state index in [0.717, 1.165) is 5.92 Å². The predicted molar refractivity (Wildman–Crippen MR) is 89.6 cm³/mol. The van der Waals surface area contributed by atoms with Gasteiger partial charge in [-0.3, -0.25) is 0 Å². The van der Waals surface area contributed by atoms with E-state index in [4.69, 9.17) is 0 Å². The number of rotatable bonds is 11. The van der Waals surface area contributed by atoms with Gasteiger partial charge in [-0.1, -0.05) is 76.7 Å². The molecule has 0 rings (SSSR count). The summed E-state index contributed by atoms with van der Waals surface area (Å²) in [5.41, 5.74) is 3.17. The normalized spacial score (nSPS) is 14.8. The number of hydrogen-bond acceptors (Lipinski definition) is 0. The van der Waals surface area contributed by atoms with Crippen molar-refractivity contribution in [1.29, 1.82) is 0 Å². The molecular weight excluding hydrogens is 228 g/mol. The Morgan fingerprint density at radius 1 is 0.895 bits per heavy atom. The van der Waals surface area contributed by atoms with Gasteiger partial charge in [0.05, 0.1) is 0 Å². The molecule has 0 saturated heterocycles. The average molecular weight is 264 g/mol. The average Bonchev–Trinajstić information content (AvgIpc) is 2.43. The number of hydrogen-bond donors (Lipinski definition) is 0. The Bertz CT molecular complexity index is 257.